The molecule has 0 aliphatic carbocycles. The van der Waals surface area contributed by atoms with Crippen molar-refractivity contribution in [3.8, 4) is 0 Å². The Bertz CT molecular complexity index is 398. The average Bonchev–Trinajstić information content (AvgIpc) is 2.31. The number of hydrogen-bond acceptors (Lipinski definition) is 2. The van der Waals surface area contributed by atoms with Crippen LogP contribution in [0.4, 0.5) is 14.5 Å². The molecule has 0 aliphatic heterocycles. The zero-order valence-electron chi connectivity index (χ0n) is 10.4. The van der Waals surface area contributed by atoms with Crippen LogP contribution in [0.25, 0.3) is 0 Å². The first kappa shape index (κ1) is 14.8. The van der Waals surface area contributed by atoms with Gasteiger partial charge in [0, 0.05) is 12.1 Å². The quantitative estimate of drug-likeness (QED) is 0.588. The minimum atomic E-state index is -0.659. The zero-order chi connectivity index (χ0) is 13.5. The van der Waals surface area contributed by atoms with Crippen molar-refractivity contribution in [2.24, 2.45) is 5.73 Å². The first-order valence-corrected chi connectivity index (χ1v) is 6.49. The molecular formula is C13H18F2N2S. The van der Waals surface area contributed by atoms with Crippen molar-refractivity contribution < 1.29 is 8.78 Å². The van der Waals surface area contributed by atoms with Gasteiger partial charge in [0.1, 0.15) is 22.3 Å². The van der Waals surface area contributed by atoms with Crippen LogP contribution >= 0.6 is 12.2 Å². The highest BCUT2D eigenvalue weighted by molar-refractivity contribution is 7.80. The molecule has 0 heterocycles. The molecule has 0 saturated carbocycles. The Morgan fingerprint density at radius 2 is 1.83 bits per heavy atom. The Labute approximate surface area is 112 Å². The van der Waals surface area contributed by atoms with Crippen LogP contribution in [0.3, 0.4) is 0 Å². The van der Waals surface area contributed by atoms with Gasteiger partial charge in [-0.25, -0.2) is 8.78 Å². The predicted molar refractivity (Wildman–Crippen MR) is 74.9 cm³/mol. The molecule has 2 nitrogen and oxygen atoms in total. The van der Waals surface area contributed by atoms with Gasteiger partial charge in [-0.1, -0.05) is 38.4 Å². The van der Waals surface area contributed by atoms with Crippen LogP contribution in [0.15, 0.2) is 12.1 Å². The van der Waals surface area contributed by atoms with Crippen LogP contribution in [0.2, 0.25) is 0 Å². The lowest BCUT2D eigenvalue weighted by Gasteiger charge is -2.10. The van der Waals surface area contributed by atoms with Crippen LogP contribution < -0.4 is 11.1 Å². The van der Waals surface area contributed by atoms with E-state index in [4.69, 9.17) is 5.73 Å². The molecule has 3 N–H and O–H groups in total. The standard InChI is InChI=1S/C13H18F2N2S/c1-2-3-4-5-6-17-12-10(14)7-9(13(16)18)8-11(12)15/h7-8,17H,2-6H2,1H3,(H2,16,18). The first-order valence-electron chi connectivity index (χ1n) is 6.09. The number of rotatable bonds is 7. The highest BCUT2D eigenvalue weighted by Gasteiger charge is 2.11. The van der Waals surface area contributed by atoms with Gasteiger partial charge in [-0.05, 0) is 18.6 Å². The van der Waals surface area contributed by atoms with Gasteiger partial charge in [-0.2, -0.15) is 0 Å². The van der Waals surface area contributed by atoms with E-state index < -0.39 is 11.6 Å². The molecule has 0 saturated heterocycles. The smallest absolute Gasteiger partial charge is 0.150 e. The van der Waals surface area contributed by atoms with Crippen molar-refractivity contribution in [2.75, 3.05) is 11.9 Å². The maximum atomic E-state index is 13.6. The van der Waals surface area contributed by atoms with Crippen molar-refractivity contribution in [1.29, 1.82) is 0 Å². The first-order chi connectivity index (χ1) is 8.56. The summed E-state index contributed by atoms with van der Waals surface area (Å²) >= 11 is 4.68. The minimum Gasteiger partial charge on any atom is -0.389 e. The van der Waals surface area contributed by atoms with Crippen LogP contribution in [0.1, 0.15) is 38.2 Å². The van der Waals surface area contributed by atoms with Crippen molar-refractivity contribution in [2.45, 2.75) is 32.6 Å². The maximum Gasteiger partial charge on any atom is 0.150 e. The van der Waals surface area contributed by atoms with Crippen LogP contribution in [0.5, 0.6) is 0 Å². The van der Waals surface area contributed by atoms with Gasteiger partial charge in [-0.15, -0.1) is 0 Å². The van der Waals surface area contributed by atoms with E-state index in [9.17, 15) is 8.78 Å². The van der Waals surface area contributed by atoms with Gasteiger partial charge in [-0.3, -0.25) is 0 Å². The van der Waals surface area contributed by atoms with E-state index in [-0.39, 0.29) is 16.2 Å². The van der Waals surface area contributed by atoms with Crippen molar-refractivity contribution in [3.63, 3.8) is 0 Å². The molecule has 0 bridgehead atoms. The van der Waals surface area contributed by atoms with E-state index in [0.717, 1.165) is 37.8 Å². The molecule has 0 spiro atoms. The number of anilines is 1. The lowest BCUT2D eigenvalue weighted by molar-refractivity contribution is 0.585. The second-order valence-electron chi connectivity index (χ2n) is 4.17. The number of benzene rings is 1. The molecule has 0 atom stereocenters. The average molecular weight is 272 g/mol. The Kier molecular flexibility index (Phi) is 5.98. The van der Waals surface area contributed by atoms with Gasteiger partial charge in [0.2, 0.25) is 0 Å². The topological polar surface area (TPSA) is 38.0 Å². The summed E-state index contributed by atoms with van der Waals surface area (Å²) in [4.78, 5) is -0.0118. The number of unbranched alkanes of at least 4 members (excludes halogenated alkanes) is 3. The summed E-state index contributed by atoms with van der Waals surface area (Å²) in [7, 11) is 0. The fourth-order valence-corrected chi connectivity index (χ4v) is 1.77. The molecule has 1 rings (SSSR count). The van der Waals surface area contributed by atoms with Crippen molar-refractivity contribution >= 4 is 22.9 Å². The second-order valence-corrected chi connectivity index (χ2v) is 4.61. The third-order valence-electron chi connectivity index (χ3n) is 2.66. The lowest BCUT2D eigenvalue weighted by atomic mass is 10.1. The normalized spacial score (nSPS) is 10.4. The third kappa shape index (κ3) is 4.22. The minimum absolute atomic E-state index is 0.0118. The summed E-state index contributed by atoms with van der Waals surface area (Å²) in [6.07, 6.45) is 4.21. The van der Waals surface area contributed by atoms with Crippen molar-refractivity contribution in [3.05, 3.63) is 29.3 Å². The number of halogens is 2. The SMILES string of the molecule is CCCCCCNc1c(F)cc(C(N)=S)cc1F. The highest BCUT2D eigenvalue weighted by atomic mass is 32.1. The van der Waals surface area contributed by atoms with Crippen molar-refractivity contribution in [1.82, 2.24) is 0 Å². The summed E-state index contributed by atoms with van der Waals surface area (Å²) in [5.74, 6) is -1.32. The molecule has 0 unspecified atom stereocenters. The highest BCUT2D eigenvalue weighted by Crippen LogP contribution is 2.21. The van der Waals surface area contributed by atoms with Gasteiger partial charge < -0.3 is 11.1 Å². The van der Waals surface area contributed by atoms with E-state index >= 15 is 0 Å². The molecule has 5 heteroatoms. The van der Waals surface area contributed by atoms with Crippen LogP contribution in [-0.2, 0) is 0 Å². The maximum absolute atomic E-state index is 13.6. The zero-order valence-corrected chi connectivity index (χ0v) is 11.2. The van der Waals surface area contributed by atoms with E-state index in [1.54, 1.807) is 0 Å². The Balaban J connectivity index is 2.63. The summed E-state index contributed by atoms with van der Waals surface area (Å²) in [5, 5.41) is 2.77. The summed E-state index contributed by atoms with van der Waals surface area (Å²) in [5.41, 5.74) is 5.43. The lowest BCUT2D eigenvalue weighted by Crippen LogP contribution is -2.12. The Morgan fingerprint density at radius 3 is 2.33 bits per heavy atom. The molecule has 1 aromatic rings. The molecular weight excluding hydrogens is 254 g/mol. The number of thiocarbonyl (C=S) groups is 1. The van der Waals surface area contributed by atoms with Gasteiger partial charge in [0.25, 0.3) is 0 Å². The third-order valence-corrected chi connectivity index (χ3v) is 2.89. The second kappa shape index (κ2) is 7.26. The fourth-order valence-electron chi connectivity index (χ4n) is 1.65. The van der Waals surface area contributed by atoms with E-state index in [2.05, 4.69) is 24.5 Å². The molecule has 0 aliphatic rings. The largest absolute Gasteiger partial charge is 0.389 e. The van der Waals surface area contributed by atoms with E-state index in [1.807, 2.05) is 0 Å². The van der Waals surface area contributed by atoms with Gasteiger partial charge >= 0.3 is 0 Å². The fraction of sp³-hybridized carbons (Fsp3) is 0.462. The molecule has 0 aromatic heterocycles. The molecule has 1 aromatic carbocycles. The van der Waals surface area contributed by atoms with Crippen LogP contribution in [0, 0.1) is 11.6 Å². The van der Waals surface area contributed by atoms with E-state index in [1.165, 1.54) is 0 Å². The summed E-state index contributed by atoms with van der Waals surface area (Å²) in [6.45, 7) is 2.67. The van der Waals surface area contributed by atoms with E-state index in [0.29, 0.717) is 6.54 Å². The number of hydrogen-bond donors (Lipinski definition) is 2. The van der Waals surface area contributed by atoms with Gasteiger partial charge in [0.05, 0.1) is 0 Å². The predicted octanol–water partition coefficient (Wildman–Crippen LogP) is 3.59. The van der Waals surface area contributed by atoms with Gasteiger partial charge in [0.15, 0.2) is 0 Å². The molecule has 100 valence electrons. The summed E-state index contributed by atoms with van der Waals surface area (Å²) in [6, 6.07) is 2.31. The molecule has 0 amide bonds. The summed E-state index contributed by atoms with van der Waals surface area (Å²) < 4.78 is 27.3. The molecule has 0 fully saturated rings. The Morgan fingerprint density at radius 1 is 1.22 bits per heavy atom. The van der Waals surface area contributed by atoms with Crippen LogP contribution in [-0.4, -0.2) is 11.5 Å². The monoisotopic (exact) mass is 272 g/mol. The Hall–Kier alpha value is -1.23. The molecule has 18 heavy (non-hydrogen) atoms. The number of nitrogens with two attached hydrogens (primary N) is 1. The number of nitrogens with one attached hydrogen (secondary N) is 1. The molecule has 0 radical (unpaired) electrons.